The zero-order chi connectivity index (χ0) is 18.0. The molecule has 0 amide bonds. The van der Waals surface area contributed by atoms with Gasteiger partial charge in [-0.3, -0.25) is 19.2 Å². The van der Waals surface area contributed by atoms with Crippen molar-refractivity contribution in [3.05, 3.63) is 0 Å². The largest absolute Gasteiger partial charge is 0.466 e. The molecule has 0 bridgehead atoms. The lowest BCUT2D eigenvalue weighted by atomic mass is 10.1. The van der Waals surface area contributed by atoms with E-state index < -0.39 is 14.1 Å². The van der Waals surface area contributed by atoms with Gasteiger partial charge in [-0.2, -0.15) is 0 Å². The van der Waals surface area contributed by atoms with E-state index in [4.69, 9.17) is 19.1 Å². The van der Waals surface area contributed by atoms with Crippen LogP contribution in [0.5, 0.6) is 0 Å². The molecular weight excluding hydrogens is 413 g/mol. The Labute approximate surface area is 153 Å². The molecule has 21 heavy (non-hydrogen) atoms. The highest BCUT2D eigenvalue weighted by Gasteiger charge is 1.94. The van der Waals surface area contributed by atoms with E-state index >= 15 is 0 Å². The number of ether oxygens (including phenoxy) is 1. The van der Waals surface area contributed by atoms with E-state index in [0.29, 0.717) is 12.5 Å². The van der Waals surface area contributed by atoms with E-state index in [2.05, 4.69) is 83.5 Å². The van der Waals surface area contributed by atoms with Crippen LogP contribution in [0, 0.1) is 5.92 Å². The third-order valence-corrected chi connectivity index (χ3v) is 1.00. The monoisotopic (exact) mass is 424 g/mol. The first kappa shape index (κ1) is 29.3. The predicted octanol–water partition coefficient (Wildman–Crippen LogP) is 6.35. The summed E-state index contributed by atoms with van der Waals surface area (Å²) in [4.78, 5) is 37.1. The normalized spacial score (nSPS) is 7.90. The molecule has 0 spiro atoms. The van der Waals surface area contributed by atoms with Gasteiger partial charge in [0.05, 0.1) is 6.61 Å². The molecule has 0 unspecified atom stereocenters. The minimum atomic E-state index is -0.889. The van der Waals surface area contributed by atoms with Gasteiger partial charge in [0.1, 0.15) is 0 Å². The van der Waals surface area contributed by atoms with E-state index in [9.17, 15) is 4.79 Å². The third kappa shape index (κ3) is 173. The molecule has 0 saturated carbocycles. The number of rotatable bonds is 3. The second-order valence-electron chi connectivity index (χ2n) is 3.20. The molecule has 0 heterocycles. The first-order valence-corrected chi connectivity index (χ1v) is 7.27. The van der Waals surface area contributed by atoms with Gasteiger partial charge in [-0.15, -0.1) is 0 Å². The molecule has 0 atom stereocenters. The molecule has 0 aliphatic rings. The maximum absolute atomic E-state index is 10.2. The molecule has 0 aromatic rings. The molecule has 0 aromatic carbocycles. The molecular formula is C10H14Cl6O5. The quantitative estimate of drug-likeness (QED) is 0.388. The average Bonchev–Trinajstić information content (AvgIpc) is 2.12. The summed E-state index contributed by atoms with van der Waals surface area (Å²) in [6.07, 6.45) is 0.958. The summed E-state index contributed by atoms with van der Waals surface area (Å²) in [5, 5.41) is 0. The lowest BCUT2D eigenvalue weighted by Gasteiger charge is -2.02. The zero-order valence-corrected chi connectivity index (χ0v) is 15.8. The maximum atomic E-state index is 10.2. The highest BCUT2D eigenvalue weighted by molar-refractivity contribution is 6.94. The van der Waals surface area contributed by atoms with Crippen molar-refractivity contribution >= 4 is 89.7 Å². The van der Waals surface area contributed by atoms with Crippen LogP contribution in [0.2, 0.25) is 0 Å². The molecule has 0 rings (SSSR count). The van der Waals surface area contributed by atoms with Gasteiger partial charge in [0.15, 0.2) is 0 Å². The van der Waals surface area contributed by atoms with Crippen LogP contribution in [0.1, 0.15) is 27.2 Å². The van der Waals surface area contributed by atoms with E-state index in [1.54, 1.807) is 0 Å². The van der Waals surface area contributed by atoms with Gasteiger partial charge in [-0.05, 0) is 81.9 Å². The van der Waals surface area contributed by atoms with E-state index in [1.165, 1.54) is 6.92 Å². The van der Waals surface area contributed by atoms with Gasteiger partial charge in [0.2, 0.25) is 0 Å². The number of halogens is 6. The van der Waals surface area contributed by atoms with Crippen molar-refractivity contribution in [3.8, 4) is 0 Å². The zero-order valence-electron chi connectivity index (χ0n) is 11.3. The van der Waals surface area contributed by atoms with Crippen molar-refractivity contribution in [1.29, 1.82) is 0 Å². The molecule has 0 saturated heterocycles. The van der Waals surface area contributed by atoms with Gasteiger partial charge >= 0.3 is 20.1 Å². The van der Waals surface area contributed by atoms with Crippen molar-refractivity contribution in [2.45, 2.75) is 27.2 Å². The van der Waals surface area contributed by atoms with Crippen LogP contribution in [0.4, 0.5) is 14.4 Å². The van der Waals surface area contributed by atoms with Gasteiger partial charge < -0.3 is 4.74 Å². The highest BCUT2D eigenvalue weighted by Crippen LogP contribution is 1.98. The summed E-state index contributed by atoms with van der Waals surface area (Å²) in [7, 11) is 0. The van der Waals surface area contributed by atoms with Crippen molar-refractivity contribution in [2.75, 3.05) is 6.61 Å². The number of hydrogen-bond donors (Lipinski definition) is 0. The Morgan fingerprint density at radius 2 is 1.05 bits per heavy atom. The third-order valence-electron chi connectivity index (χ3n) is 1.00. The van der Waals surface area contributed by atoms with Crippen molar-refractivity contribution < 1.29 is 23.9 Å². The Hall–Kier alpha value is 0.220. The van der Waals surface area contributed by atoms with Crippen molar-refractivity contribution in [3.63, 3.8) is 0 Å². The van der Waals surface area contributed by atoms with E-state index in [-0.39, 0.29) is 5.97 Å². The second-order valence-corrected chi connectivity index (χ2v) is 5.84. The van der Waals surface area contributed by atoms with Crippen molar-refractivity contribution in [2.24, 2.45) is 5.92 Å². The standard InChI is InChI=1S/C7H14O2.3CCl2O/c1-6(2)4-5-9-7(3)8;3*2-1(3)4/h6H,4-5H2,1-3H3;;;. The Kier molecular flexibility index (Phi) is 31.3. The molecule has 0 aliphatic heterocycles. The lowest BCUT2D eigenvalue weighted by Crippen LogP contribution is -2.02. The summed E-state index contributed by atoms with van der Waals surface area (Å²) < 4.78 is 2.05. The SMILES string of the molecule is CC(=O)OCCC(C)C.O=C(Cl)Cl.O=C(Cl)Cl.O=C(Cl)Cl. The van der Waals surface area contributed by atoms with Crippen LogP contribution in [-0.4, -0.2) is 26.7 Å². The number of carbonyl (C=O) groups excluding carboxylic acids is 4. The van der Waals surface area contributed by atoms with Crippen LogP contribution in [0.25, 0.3) is 0 Å². The average molecular weight is 427 g/mol. The van der Waals surface area contributed by atoms with Gasteiger partial charge in [0, 0.05) is 6.92 Å². The van der Waals surface area contributed by atoms with Crippen LogP contribution >= 0.6 is 69.6 Å². The predicted molar refractivity (Wildman–Crippen MR) is 87.4 cm³/mol. The molecule has 11 heteroatoms. The van der Waals surface area contributed by atoms with Crippen LogP contribution in [0.3, 0.4) is 0 Å². The first-order valence-electron chi connectivity index (χ1n) is 5.01. The lowest BCUT2D eigenvalue weighted by molar-refractivity contribution is -0.141. The summed E-state index contributed by atoms with van der Waals surface area (Å²) >= 11 is 26.4. The molecule has 0 aliphatic carbocycles. The topological polar surface area (TPSA) is 77.5 Å². The Balaban J connectivity index is -0.000000102. The fourth-order valence-electron chi connectivity index (χ4n) is 0.438. The number of hydrogen-bond acceptors (Lipinski definition) is 5. The minimum absolute atomic E-state index is 0.185. The molecule has 0 radical (unpaired) electrons. The Bertz CT molecular complexity index is 268. The fourth-order valence-corrected chi connectivity index (χ4v) is 0.438. The molecule has 0 aromatic heterocycles. The molecule has 126 valence electrons. The second kappa shape index (κ2) is 22.5. The smallest absolute Gasteiger partial charge is 0.313 e. The Morgan fingerprint density at radius 3 is 1.19 bits per heavy atom. The van der Waals surface area contributed by atoms with Gasteiger partial charge in [-0.1, -0.05) is 13.8 Å². The summed E-state index contributed by atoms with van der Waals surface area (Å²) in [6.45, 7) is 6.19. The van der Waals surface area contributed by atoms with Gasteiger partial charge in [0.25, 0.3) is 0 Å². The number of carbonyl (C=O) groups is 4. The molecule has 5 nitrogen and oxygen atoms in total. The van der Waals surface area contributed by atoms with E-state index in [1.807, 2.05) is 0 Å². The molecule has 0 fully saturated rings. The highest BCUT2D eigenvalue weighted by atomic mass is 35.5. The first-order chi connectivity index (χ1) is 9.32. The van der Waals surface area contributed by atoms with Crippen molar-refractivity contribution in [1.82, 2.24) is 0 Å². The maximum Gasteiger partial charge on any atom is 0.313 e. The van der Waals surface area contributed by atoms with Crippen LogP contribution in [0.15, 0.2) is 0 Å². The fraction of sp³-hybridized carbons (Fsp3) is 0.600. The Morgan fingerprint density at radius 1 is 0.810 bits per heavy atom. The summed E-state index contributed by atoms with van der Waals surface area (Å²) in [5.41, 5.74) is 0. The minimum Gasteiger partial charge on any atom is -0.466 e. The summed E-state index contributed by atoms with van der Waals surface area (Å²) in [6, 6.07) is 0. The van der Waals surface area contributed by atoms with E-state index in [0.717, 1.165) is 6.42 Å². The van der Waals surface area contributed by atoms with Crippen LogP contribution < -0.4 is 0 Å². The number of esters is 1. The van der Waals surface area contributed by atoms with Gasteiger partial charge in [-0.25, -0.2) is 0 Å². The molecule has 0 N–H and O–H groups in total. The summed E-state index contributed by atoms with van der Waals surface area (Å²) in [5.74, 6) is 0.431. The van der Waals surface area contributed by atoms with Crippen LogP contribution in [-0.2, 0) is 9.53 Å².